The Hall–Kier alpha value is -3.16. The number of benzene rings is 3. The Kier molecular flexibility index (Phi) is 7.87. The molecule has 46 heavy (non-hydrogen) atoms. The molecular weight excluding hydrogens is 639 g/mol. The van der Waals surface area contributed by atoms with Crippen molar-refractivity contribution in [2.45, 2.75) is 71.6 Å². The summed E-state index contributed by atoms with van der Waals surface area (Å²) in [5.74, 6) is 1.80. The van der Waals surface area contributed by atoms with Gasteiger partial charge < -0.3 is 9.32 Å². The van der Waals surface area contributed by atoms with Gasteiger partial charge >= 0.3 is 0 Å². The van der Waals surface area contributed by atoms with Crippen LogP contribution in [0.2, 0.25) is 0 Å². The predicted molar refractivity (Wildman–Crippen MR) is 208 cm³/mol. The topological polar surface area (TPSA) is 16.4 Å². The van der Waals surface area contributed by atoms with E-state index < -0.39 is 0 Å². The quantitative estimate of drug-likeness (QED) is 0.118. The van der Waals surface area contributed by atoms with Gasteiger partial charge in [0.1, 0.15) is 15.7 Å². The minimum absolute atomic E-state index is 0.136. The highest BCUT2D eigenvalue weighted by atomic mass is 32.1. The summed E-state index contributed by atoms with van der Waals surface area (Å²) in [5, 5.41) is 5.02. The zero-order valence-corrected chi connectivity index (χ0v) is 30.8. The summed E-state index contributed by atoms with van der Waals surface area (Å²) in [5.41, 5.74) is 4.55. The van der Waals surface area contributed by atoms with Crippen LogP contribution in [0, 0.1) is 0 Å². The summed E-state index contributed by atoms with van der Waals surface area (Å²) in [6.07, 6.45) is 3.22. The van der Waals surface area contributed by atoms with E-state index in [1.54, 1.807) is 11.3 Å². The first kappa shape index (κ1) is 31.4. The van der Waals surface area contributed by atoms with Gasteiger partial charge in [-0.05, 0) is 99.5 Å². The van der Waals surface area contributed by atoms with Crippen molar-refractivity contribution in [1.82, 2.24) is 4.90 Å². The molecule has 0 radical (unpaired) electrons. The zero-order valence-electron chi connectivity index (χ0n) is 27.5. The largest absolute Gasteiger partial charge is 0.458 e. The highest BCUT2D eigenvalue weighted by molar-refractivity contribution is 7.82. The maximum absolute atomic E-state index is 6.72. The first-order valence-electron chi connectivity index (χ1n) is 16.1. The molecule has 0 N–H and O–H groups in total. The van der Waals surface area contributed by atoms with E-state index in [1.165, 1.54) is 47.3 Å². The van der Waals surface area contributed by atoms with Crippen molar-refractivity contribution in [3.05, 3.63) is 94.6 Å². The fourth-order valence-corrected chi connectivity index (χ4v) is 9.40. The van der Waals surface area contributed by atoms with Crippen molar-refractivity contribution in [1.29, 1.82) is 0 Å². The first-order chi connectivity index (χ1) is 21.9. The van der Waals surface area contributed by atoms with Gasteiger partial charge in [-0.3, -0.25) is 0 Å². The zero-order chi connectivity index (χ0) is 32.5. The molecule has 234 valence electrons. The third-order valence-corrected chi connectivity index (χ3v) is 13.4. The van der Waals surface area contributed by atoms with E-state index in [0.717, 1.165) is 56.8 Å². The predicted octanol–water partition coefficient (Wildman–Crippen LogP) is 12.8. The minimum Gasteiger partial charge on any atom is -0.458 e. The van der Waals surface area contributed by atoms with Crippen LogP contribution in [-0.4, -0.2) is 21.9 Å². The molecule has 6 aromatic rings. The Morgan fingerprint density at radius 1 is 0.652 bits per heavy atom. The number of thiophene rings is 2. The van der Waals surface area contributed by atoms with Gasteiger partial charge in [-0.15, -0.1) is 22.7 Å². The number of fused-ring (bicyclic) bond motifs is 3. The van der Waals surface area contributed by atoms with Gasteiger partial charge in [-0.2, -0.15) is 0 Å². The third kappa shape index (κ3) is 5.18. The molecule has 0 aliphatic carbocycles. The summed E-state index contributed by atoms with van der Waals surface area (Å²) in [7, 11) is 1.97. The lowest BCUT2D eigenvalue weighted by atomic mass is 9.83. The molecule has 2 nitrogen and oxygen atoms in total. The molecule has 0 bridgehead atoms. The van der Waals surface area contributed by atoms with Crippen LogP contribution in [0.4, 0.5) is 0 Å². The van der Waals surface area contributed by atoms with Gasteiger partial charge in [0.15, 0.2) is 5.76 Å². The maximum atomic E-state index is 6.72. The molecule has 1 aliphatic rings. The van der Waals surface area contributed by atoms with E-state index in [9.17, 15) is 0 Å². The van der Waals surface area contributed by atoms with Gasteiger partial charge in [0.25, 0.3) is 0 Å². The molecule has 0 saturated carbocycles. The van der Waals surface area contributed by atoms with Crippen molar-refractivity contribution in [3.8, 4) is 31.5 Å². The van der Waals surface area contributed by atoms with E-state index in [-0.39, 0.29) is 10.8 Å². The molecule has 0 spiro atoms. The fourth-order valence-electron chi connectivity index (χ4n) is 6.61. The average molecular weight is 678 g/mol. The van der Waals surface area contributed by atoms with Crippen LogP contribution in [-0.2, 0) is 10.8 Å². The fraction of sp³-hybridized carbons (Fsp3) is 0.300. The number of hydrogen-bond donors (Lipinski definition) is 0. The van der Waals surface area contributed by atoms with Crippen molar-refractivity contribution in [2.24, 2.45) is 0 Å². The molecule has 0 unspecified atom stereocenters. The van der Waals surface area contributed by atoms with Crippen LogP contribution < -0.4 is 0 Å². The van der Waals surface area contributed by atoms with Crippen LogP contribution in [0.3, 0.4) is 0 Å². The van der Waals surface area contributed by atoms with Crippen molar-refractivity contribution >= 4 is 78.6 Å². The molecule has 4 heterocycles. The van der Waals surface area contributed by atoms with Crippen LogP contribution in [0.15, 0.2) is 77.2 Å². The number of thiocarbonyl (C=S) groups is 2. The highest BCUT2D eigenvalue weighted by Crippen LogP contribution is 2.47. The number of rotatable bonds is 8. The smallest absolute Gasteiger partial charge is 0.155 e. The molecule has 0 atom stereocenters. The Morgan fingerprint density at radius 3 is 1.83 bits per heavy atom. The number of hydrogen-bond acceptors (Lipinski definition) is 5. The lowest BCUT2D eigenvalue weighted by molar-refractivity contribution is 0.365. The molecule has 0 saturated heterocycles. The SMILES string of the molecule is CCCC(C)(C)c1oc(-c2ccc(-c3ccc4cc5cc(-c6ccc(C(C)(C)CC)s6)ccc5cc4c3)s2)c2c1C(=S)N(C)C2=S. The van der Waals surface area contributed by atoms with E-state index >= 15 is 0 Å². The maximum Gasteiger partial charge on any atom is 0.155 e. The lowest BCUT2D eigenvalue weighted by Gasteiger charge is -2.23. The second kappa shape index (κ2) is 11.5. The summed E-state index contributed by atoms with van der Waals surface area (Å²) in [6, 6.07) is 27.3. The Bertz CT molecular complexity index is 2170. The second-order valence-electron chi connectivity index (χ2n) is 13.9. The van der Waals surface area contributed by atoms with E-state index in [1.807, 2.05) is 23.3 Å². The van der Waals surface area contributed by atoms with Gasteiger partial charge in [-0.25, -0.2) is 0 Å². The molecule has 3 aromatic carbocycles. The van der Waals surface area contributed by atoms with E-state index in [4.69, 9.17) is 28.9 Å². The van der Waals surface area contributed by atoms with Crippen molar-refractivity contribution in [3.63, 3.8) is 0 Å². The molecule has 1 aliphatic heterocycles. The summed E-state index contributed by atoms with van der Waals surface area (Å²) in [4.78, 5) is 8.53. The molecule has 7 rings (SSSR count). The summed E-state index contributed by atoms with van der Waals surface area (Å²) >= 11 is 15.4. The summed E-state index contributed by atoms with van der Waals surface area (Å²) < 4.78 is 6.72. The van der Waals surface area contributed by atoms with Gasteiger partial charge in [0.2, 0.25) is 0 Å². The second-order valence-corrected chi connectivity index (χ2v) is 16.8. The van der Waals surface area contributed by atoms with Crippen LogP contribution >= 0.6 is 47.1 Å². The van der Waals surface area contributed by atoms with E-state index in [2.05, 4.69) is 114 Å². The highest BCUT2D eigenvalue weighted by Gasteiger charge is 2.41. The monoisotopic (exact) mass is 677 g/mol. The number of furan rings is 1. The first-order valence-corrected chi connectivity index (χ1v) is 18.6. The van der Waals surface area contributed by atoms with Gasteiger partial charge in [-0.1, -0.05) is 96.7 Å². The molecule has 3 aromatic heterocycles. The molecule has 0 amide bonds. The van der Waals surface area contributed by atoms with Crippen LogP contribution in [0.1, 0.15) is 82.6 Å². The molecule has 6 heteroatoms. The van der Waals surface area contributed by atoms with Crippen LogP contribution in [0.25, 0.3) is 53.1 Å². The van der Waals surface area contributed by atoms with Gasteiger partial charge in [0.05, 0.1) is 16.0 Å². The average Bonchev–Trinajstić information content (AvgIpc) is 3.83. The van der Waals surface area contributed by atoms with E-state index in [0.29, 0.717) is 0 Å². The lowest BCUT2D eigenvalue weighted by Crippen LogP contribution is -2.25. The standard InChI is InChI=1S/C40H39NOS4/c1-8-18-40(5,6)36-34-33(37(43)41(7)38(34)44)35(42-36)31-15-14-29(45-31)25-12-10-23-20-28-22-26(13-11-24(28)19-27(23)21-25)30-16-17-32(46-30)39(3,4)9-2/h10-17,19-22H,8-9,18H2,1-7H3. The summed E-state index contributed by atoms with van der Waals surface area (Å²) in [6.45, 7) is 13.6. The van der Waals surface area contributed by atoms with Gasteiger partial charge in [0, 0.05) is 27.1 Å². The number of nitrogens with zero attached hydrogens (tertiary/aromatic N) is 1. The molecule has 0 fully saturated rings. The third-order valence-electron chi connectivity index (χ3n) is 9.79. The normalized spacial score (nSPS) is 13.8. The Labute approximate surface area is 291 Å². The minimum atomic E-state index is -0.136. The van der Waals surface area contributed by atoms with Crippen molar-refractivity contribution in [2.75, 3.05) is 7.05 Å². The Balaban J connectivity index is 1.23. The van der Waals surface area contributed by atoms with Crippen LogP contribution in [0.5, 0.6) is 0 Å². The van der Waals surface area contributed by atoms with Crippen molar-refractivity contribution < 1.29 is 4.42 Å². The Morgan fingerprint density at radius 2 is 1.22 bits per heavy atom. The molecular formula is C40H39NOS4.